The second-order valence-electron chi connectivity index (χ2n) is 6.22. The van der Waals surface area contributed by atoms with Gasteiger partial charge in [-0.05, 0) is 44.6 Å². The van der Waals surface area contributed by atoms with Crippen molar-refractivity contribution in [3.63, 3.8) is 0 Å². The summed E-state index contributed by atoms with van der Waals surface area (Å²) in [6, 6.07) is 0.625. The van der Waals surface area contributed by atoms with Gasteiger partial charge in [-0.2, -0.15) is 0 Å². The summed E-state index contributed by atoms with van der Waals surface area (Å²) < 4.78 is 0. The standard InChI is InChI=1S/C16H31N/c1-13(2)10-11-15-8-6-5-7-9-16(15)12-17-14(3)4/h14-17H,1,5-12H2,2-4H3. The van der Waals surface area contributed by atoms with E-state index in [1.165, 1.54) is 57.1 Å². The van der Waals surface area contributed by atoms with Gasteiger partial charge in [-0.3, -0.25) is 0 Å². The Kier molecular flexibility index (Phi) is 6.87. The van der Waals surface area contributed by atoms with Gasteiger partial charge in [-0.1, -0.05) is 45.1 Å². The number of nitrogens with one attached hydrogen (secondary N) is 1. The van der Waals surface area contributed by atoms with Crippen molar-refractivity contribution in [1.29, 1.82) is 0 Å². The van der Waals surface area contributed by atoms with E-state index in [2.05, 4.69) is 32.7 Å². The van der Waals surface area contributed by atoms with Gasteiger partial charge in [0.2, 0.25) is 0 Å². The van der Waals surface area contributed by atoms with Crippen molar-refractivity contribution in [1.82, 2.24) is 5.32 Å². The summed E-state index contributed by atoms with van der Waals surface area (Å²) >= 11 is 0. The smallest absolute Gasteiger partial charge is 0.00104 e. The van der Waals surface area contributed by atoms with Crippen molar-refractivity contribution in [2.24, 2.45) is 11.8 Å². The van der Waals surface area contributed by atoms with Crippen molar-refractivity contribution in [2.75, 3.05) is 6.54 Å². The van der Waals surface area contributed by atoms with E-state index in [4.69, 9.17) is 0 Å². The van der Waals surface area contributed by atoms with Crippen molar-refractivity contribution < 1.29 is 0 Å². The van der Waals surface area contributed by atoms with Crippen molar-refractivity contribution >= 4 is 0 Å². The molecule has 1 fully saturated rings. The topological polar surface area (TPSA) is 12.0 Å². The quantitative estimate of drug-likeness (QED) is 0.528. The van der Waals surface area contributed by atoms with Gasteiger partial charge in [0.15, 0.2) is 0 Å². The van der Waals surface area contributed by atoms with Gasteiger partial charge in [-0.25, -0.2) is 0 Å². The fourth-order valence-corrected chi connectivity index (χ4v) is 2.93. The molecule has 1 rings (SSSR count). The third-order valence-corrected chi connectivity index (χ3v) is 4.05. The molecule has 0 saturated heterocycles. The Morgan fingerprint density at radius 1 is 1.18 bits per heavy atom. The minimum Gasteiger partial charge on any atom is -0.314 e. The second-order valence-corrected chi connectivity index (χ2v) is 6.22. The van der Waals surface area contributed by atoms with E-state index in [1.807, 2.05) is 0 Å². The Morgan fingerprint density at radius 3 is 2.41 bits per heavy atom. The molecule has 1 aliphatic rings. The van der Waals surface area contributed by atoms with Gasteiger partial charge in [0.05, 0.1) is 0 Å². The van der Waals surface area contributed by atoms with Crippen LogP contribution in [0.25, 0.3) is 0 Å². The monoisotopic (exact) mass is 237 g/mol. The van der Waals surface area contributed by atoms with E-state index in [1.54, 1.807) is 0 Å². The normalized spacial score (nSPS) is 25.9. The molecule has 1 heteroatoms. The highest BCUT2D eigenvalue weighted by Crippen LogP contribution is 2.32. The lowest BCUT2D eigenvalue weighted by Crippen LogP contribution is -2.32. The molecule has 0 heterocycles. The number of rotatable bonds is 6. The minimum absolute atomic E-state index is 0.625. The Labute approximate surface area is 108 Å². The molecular formula is C16H31N. The van der Waals surface area contributed by atoms with Crippen molar-refractivity contribution in [3.05, 3.63) is 12.2 Å². The van der Waals surface area contributed by atoms with E-state index >= 15 is 0 Å². The third-order valence-electron chi connectivity index (χ3n) is 4.05. The van der Waals surface area contributed by atoms with Crippen molar-refractivity contribution in [2.45, 2.75) is 71.8 Å². The molecule has 100 valence electrons. The number of allylic oxidation sites excluding steroid dienone is 1. The minimum atomic E-state index is 0.625. The summed E-state index contributed by atoms with van der Waals surface area (Å²) in [6.45, 7) is 11.9. The predicted octanol–water partition coefficient (Wildman–Crippen LogP) is 4.54. The number of hydrogen-bond acceptors (Lipinski definition) is 1. The Bertz CT molecular complexity index is 220. The Morgan fingerprint density at radius 2 is 1.82 bits per heavy atom. The Hall–Kier alpha value is -0.300. The van der Waals surface area contributed by atoms with E-state index in [-0.39, 0.29) is 0 Å². The van der Waals surface area contributed by atoms with Gasteiger partial charge in [0, 0.05) is 6.04 Å². The maximum absolute atomic E-state index is 4.05. The maximum Gasteiger partial charge on any atom is 0.00104 e. The van der Waals surface area contributed by atoms with Crippen LogP contribution in [0.3, 0.4) is 0 Å². The van der Waals surface area contributed by atoms with E-state index in [0.717, 1.165) is 11.8 Å². The molecule has 0 aliphatic heterocycles. The van der Waals surface area contributed by atoms with Crippen LogP contribution in [0.1, 0.15) is 65.7 Å². The average Bonchev–Trinajstić information content (AvgIpc) is 2.48. The molecule has 1 N–H and O–H groups in total. The molecule has 2 atom stereocenters. The van der Waals surface area contributed by atoms with Crippen LogP contribution in [0.2, 0.25) is 0 Å². The first-order chi connectivity index (χ1) is 8.09. The zero-order valence-corrected chi connectivity index (χ0v) is 12.1. The summed E-state index contributed by atoms with van der Waals surface area (Å²) in [6.07, 6.45) is 9.79. The van der Waals surface area contributed by atoms with Crippen LogP contribution in [0.5, 0.6) is 0 Å². The molecule has 1 aliphatic carbocycles. The van der Waals surface area contributed by atoms with Crippen LogP contribution in [0.4, 0.5) is 0 Å². The second kappa shape index (κ2) is 7.92. The molecule has 1 nitrogen and oxygen atoms in total. The fourth-order valence-electron chi connectivity index (χ4n) is 2.93. The zero-order chi connectivity index (χ0) is 12.7. The van der Waals surface area contributed by atoms with Crippen molar-refractivity contribution in [3.8, 4) is 0 Å². The fraction of sp³-hybridized carbons (Fsp3) is 0.875. The average molecular weight is 237 g/mol. The molecule has 1 saturated carbocycles. The van der Waals surface area contributed by atoms with Gasteiger partial charge < -0.3 is 5.32 Å². The molecule has 17 heavy (non-hydrogen) atoms. The molecular weight excluding hydrogens is 206 g/mol. The highest BCUT2D eigenvalue weighted by atomic mass is 14.9. The summed E-state index contributed by atoms with van der Waals surface area (Å²) in [4.78, 5) is 0. The highest BCUT2D eigenvalue weighted by molar-refractivity contribution is 4.89. The molecule has 0 aromatic heterocycles. The molecule has 0 radical (unpaired) electrons. The van der Waals surface area contributed by atoms with Gasteiger partial charge >= 0.3 is 0 Å². The SMILES string of the molecule is C=C(C)CCC1CCCCCC1CNC(C)C. The van der Waals surface area contributed by atoms with Crippen LogP contribution in [0.15, 0.2) is 12.2 Å². The van der Waals surface area contributed by atoms with E-state index in [9.17, 15) is 0 Å². The molecule has 0 bridgehead atoms. The zero-order valence-electron chi connectivity index (χ0n) is 12.1. The van der Waals surface area contributed by atoms with E-state index in [0.29, 0.717) is 6.04 Å². The van der Waals surface area contributed by atoms with Crippen LogP contribution in [-0.4, -0.2) is 12.6 Å². The molecule has 0 aromatic carbocycles. The molecule has 0 amide bonds. The summed E-state index contributed by atoms with van der Waals surface area (Å²) in [5.41, 5.74) is 1.35. The van der Waals surface area contributed by atoms with Crippen LogP contribution in [0, 0.1) is 11.8 Å². The first kappa shape index (κ1) is 14.8. The molecule has 2 unspecified atom stereocenters. The lowest BCUT2D eigenvalue weighted by Gasteiger charge is -2.26. The van der Waals surface area contributed by atoms with Gasteiger partial charge in [-0.15, -0.1) is 6.58 Å². The van der Waals surface area contributed by atoms with Crippen LogP contribution < -0.4 is 5.32 Å². The van der Waals surface area contributed by atoms with Crippen LogP contribution >= 0.6 is 0 Å². The summed E-state index contributed by atoms with van der Waals surface area (Å²) in [5.74, 6) is 1.83. The Balaban J connectivity index is 2.43. The van der Waals surface area contributed by atoms with E-state index < -0.39 is 0 Å². The lowest BCUT2D eigenvalue weighted by atomic mass is 9.83. The summed E-state index contributed by atoms with van der Waals surface area (Å²) in [5, 5.41) is 3.64. The third kappa shape index (κ3) is 6.26. The first-order valence-electron chi connectivity index (χ1n) is 7.47. The largest absolute Gasteiger partial charge is 0.314 e. The maximum atomic E-state index is 4.05. The van der Waals surface area contributed by atoms with Gasteiger partial charge in [0.25, 0.3) is 0 Å². The molecule has 0 spiro atoms. The highest BCUT2D eigenvalue weighted by Gasteiger charge is 2.23. The predicted molar refractivity (Wildman–Crippen MR) is 77.3 cm³/mol. The summed E-state index contributed by atoms with van der Waals surface area (Å²) in [7, 11) is 0. The first-order valence-corrected chi connectivity index (χ1v) is 7.47. The number of hydrogen-bond donors (Lipinski definition) is 1. The van der Waals surface area contributed by atoms with Crippen LogP contribution in [-0.2, 0) is 0 Å². The molecule has 0 aromatic rings. The van der Waals surface area contributed by atoms with Gasteiger partial charge in [0.1, 0.15) is 0 Å². The lowest BCUT2D eigenvalue weighted by molar-refractivity contribution is 0.277.